The third-order valence-corrected chi connectivity index (χ3v) is 4.06. The first-order valence-corrected chi connectivity index (χ1v) is 12.1. The van der Waals surface area contributed by atoms with Crippen LogP contribution in [-0.2, 0) is 23.8 Å². The van der Waals surface area contributed by atoms with Crippen molar-refractivity contribution in [3.63, 3.8) is 0 Å². The Morgan fingerprint density at radius 3 is 1.12 bits per heavy atom. The normalized spacial score (nSPS) is 10.4. The highest BCUT2D eigenvalue weighted by Gasteiger charge is 1.98. The van der Waals surface area contributed by atoms with Crippen molar-refractivity contribution in [1.29, 1.82) is 0 Å². The van der Waals surface area contributed by atoms with E-state index in [4.69, 9.17) is 34.6 Å². The fourth-order valence-electron chi connectivity index (χ4n) is 2.33. The topological polar surface area (TPSA) is 143 Å². The van der Waals surface area contributed by atoms with Crippen molar-refractivity contribution in [3.05, 3.63) is 0 Å². The zero-order chi connectivity index (χ0) is 25.7. The van der Waals surface area contributed by atoms with E-state index in [1.54, 1.807) is 0 Å². The molecule has 0 aliphatic rings. The van der Waals surface area contributed by atoms with Gasteiger partial charge in [-0.2, -0.15) is 0 Å². The first kappa shape index (κ1) is 36.3. The molecule has 0 atom stereocenters. The maximum absolute atomic E-state index is 10.0. The van der Waals surface area contributed by atoms with Crippen LogP contribution in [0.3, 0.4) is 0 Å². The van der Waals surface area contributed by atoms with E-state index in [-0.39, 0.29) is 13.2 Å². The number of aliphatic hydroxyl groups excluding tert-OH is 2. The van der Waals surface area contributed by atoms with Gasteiger partial charge in [0.2, 0.25) is 0 Å². The van der Waals surface area contributed by atoms with Crippen LogP contribution in [0.15, 0.2) is 0 Å². The minimum absolute atomic E-state index is 0.0413. The summed E-state index contributed by atoms with van der Waals surface area (Å²) >= 11 is 0. The second-order valence-electron chi connectivity index (χ2n) is 8.35. The second-order valence-corrected chi connectivity index (χ2v) is 8.35. The van der Waals surface area contributed by atoms with Crippen LogP contribution in [-0.4, -0.2) is 85.2 Å². The number of ether oxygens (including phenoxy) is 3. The van der Waals surface area contributed by atoms with Crippen molar-refractivity contribution in [2.75, 3.05) is 52.9 Å². The van der Waals surface area contributed by atoms with Crippen LogP contribution in [0.4, 0.5) is 0 Å². The molecule has 0 radical (unpaired) electrons. The molecule has 4 N–H and O–H groups in total. The predicted molar refractivity (Wildman–Crippen MR) is 129 cm³/mol. The Balaban J connectivity index is -0.000000415. The summed E-state index contributed by atoms with van der Waals surface area (Å²) < 4.78 is 15.0. The molecule has 0 aromatic carbocycles. The fourth-order valence-corrected chi connectivity index (χ4v) is 2.33. The van der Waals surface area contributed by atoms with E-state index in [1.165, 1.54) is 0 Å². The lowest BCUT2D eigenvalue weighted by molar-refractivity contribution is -0.138. The van der Waals surface area contributed by atoms with Gasteiger partial charge in [0.15, 0.2) is 0 Å². The molecule has 0 unspecified atom stereocenters. The van der Waals surface area contributed by atoms with E-state index < -0.39 is 11.9 Å². The quantitative estimate of drug-likeness (QED) is 0.191. The third kappa shape index (κ3) is 49.1. The van der Waals surface area contributed by atoms with E-state index in [1.807, 2.05) is 0 Å². The van der Waals surface area contributed by atoms with Crippen molar-refractivity contribution >= 4 is 11.9 Å². The molecule has 0 saturated heterocycles. The first-order valence-electron chi connectivity index (χ1n) is 12.1. The van der Waals surface area contributed by atoms with E-state index in [0.29, 0.717) is 64.3 Å². The smallest absolute Gasteiger partial charge is 0.303 e. The number of hydrogen-bond donors (Lipinski definition) is 4. The molecular formula is C24H50O9. The lowest BCUT2D eigenvalue weighted by Gasteiger charge is -2.04. The highest BCUT2D eigenvalue weighted by Crippen LogP contribution is 2.08. The lowest BCUT2D eigenvalue weighted by atomic mass is 10.1. The van der Waals surface area contributed by atoms with Gasteiger partial charge in [-0.1, -0.05) is 53.4 Å². The Hall–Kier alpha value is -1.26. The standard InChI is InChI=1S/C8H18O5.2C8H16O2/c9-1-3-11-5-7-13-8-6-12-4-2-10;2*1-7(2)5-3-4-6-8(9)10/h9-10H,1-8H2;2*7H,3-6H2,1-2H3,(H,9,10). The number of aliphatic carboxylic acids is 2. The summed E-state index contributed by atoms with van der Waals surface area (Å²) in [5.74, 6) is 0.0510. The summed E-state index contributed by atoms with van der Waals surface area (Å²) in [4.78, 5) is 20.1. The molecule has 0 heterocycles. The van der Waals surface area contributed by atoms with Crippen molar-refractivity contribution < 1.29 is 44.2 Å². The summed E-state index contributed by atoms with van der Waals surface area (Å²) in [5, 5.41) is 33.3. The van der Waals surface area contributed by atoms with Crippen LogP contribution in [0.1, 0.15) is 79.1 Å². The number of rotatable bonds is 20. The van der Waals surface area contributed by atoms with E-state index in [9.17, 15) is 9.59 Å². The fraction of sp³-hybridized carbons (Fsp3) is 0.917. The van der Waals surface area contributed by atoms with E-state index >= 15 is 0 Å². The van der Waals surface area contributed by atoms with E-state index in [0.717, 1.165) is 38.5 Å². The molecule has 0 rings (SSSR count). The van der Waals surface area contributed by atoms with E-state index in [2.05, 4.69) is 27.7 Å². The highest BCUT2D eigenvalue weighted by atomic mass is 16.5. The van der Waals surface area contributed by atoms with Gasteiger partial charge in [0.25, 0.3) is 0 Å². The molecule has 9 nitrogen and oxygen atoms in total. The average Bonchev–Trinajstić information content (AvgIpc) is 2.74. The predicted octanol–water partition coefficient (Wildman–Crippen LogP) is 3.60. The molecule has 0 saturated carbocycles. The highest BCUT2D eigenvalue weighted by molar-refractivity contribution is 5.66. The van der Waals surface area contributed by atoms with Crippen molar-refractivity contribution in [2.24, 2.45) is 11.8 Å². The van der Waals surface area contributed by atoms with Gasteiger partial charge in [0.1, 0.15) is 0 Å². The number of hydrogen-bond acceptors (Lipinski definition) is 7. The summed E-state index contributed by atoms with van der Waals surface area (Å²) in [6, 6.07) is 0. The van der Waals surface area contributed by atoms with Gasteiger partial charge in [0, 0.05) is 12.8 Å². The van der Waals surface area contributed by atoms with Crippen LogP contribution in [0.2, 0.25) is 0 Å². The molecule has 33 heavy (non-hydrogen) atoms. The maximum Gasteiger partial charge on any atom is 0.303 e. The molecule has 0 aromatic rings. The summed E-state index contributed by atoms with van der Waals surface area (Å²) in [7, 11) is 0. The minimum Gasteiger partial charge on any atom is -0.481 e. The molecule has 200 valence electrons. The van der Waals surface area contributed by atoms with Crippen molar-refractivity contribution in [2.45, 2.75) is 79.1 Å². The number of carboxylic acids is 2. The maximum atomic E-state index is 10.0. The van der Waals surface area contributed by atoms with Crippen LogP contribution < -0.4 is 0 Å². The zero-order valence-electron chi connectivity index (χ0n) is 21.3. The molecule has 0 aromatic heterocycles. The summed E-state index contributed by atoms with van der Waals surface area (Å²) in [5.41, 5.74) is 0. The zero-order valence-corrected chi connectivity index (χ0v) is 21.3. The molecule has 0 amide bonds. The number of aliphatic hydroxyl groups is 2. The van der Waals surface area contributed by atoms with Crippen molar-refractivity contribution in [3.8, 4) is 0 Å². The molecule has 0 aliphatic carbocycles. The summed E-state index contributed by atoms with van der Waals surface area (Å²) in [6.07, 6.45) is 6.69. The molecule has 9 heteroatoms. The van der Waals surface area contributed by atoms with Crippen LogP contribution in [0, 0.1) is 11.8 Å². The van der Waals surface area contributed by atoms with Gasteiger partial charge in [-0.3, -0.25) is 9.59 Å². The van der Waals surface area contributed by atoms with Gasteiger partial charge in [0.05, 0.1) is 52.9 Å². The largest absolute Gasteiger partial charge is 0.481 e. The third-order valence-electron chi connectivity index (χ3n) is 4.06. The van der Waals surface area contributed by atoms with Crippen LogP contribution >= 0.6 is 0 Å². The van der Waals surface area contributed by atoms with Crippen molar-refractivity contribution in [1.82, 2.24) is 0 Å². The van der Waals surface area contributed by atoms with Gasteiger partial charge >= 0.3 is 11.9 Å². The Bertz CT molecular complexity index is 365. The molecule has 0 fully saturated rings. The average molecular weight is 483 g/mol. The van der Waals surface area contributed by atoms with Gasteiger partial charge in [-0.25, -0.2) is 0 Å². The van der Waals surface area contributed by atoms with Gasteiger partial charge < -0.3 is 34.6 Å². The van der Waals surface area contributed by atoms with Gasteiger partial charge in [-0.15, -0.1) is 0 Å². The van der Waals surface area contributed by atoms with Crippen LogP contribution in [0.25, 0.3) is 0 Å². The summed E-state index contributed by atoms with van der Waals surface area (Å²) in [6.45, 7) is 11.4. The Labute approximate surface area is 200 Å². The van der Waals surface area contributed by atoms with Crippen LogP contribution in [0.5, 0.6) is 0 Å². The minimum atomic E-state index is -0.677. The Morgan fingerprint density at radius 2 is 0.879 bits per heavy atom. The second kappa shape index (κ2) is 30.7. The number of carboxylic acid groups (broad SMARTS) is 2. The first-order chi connectivity index (χ1) is 15.7. The molecule has 0 spiro atoms. The molecular weight excluding hydrogens is 432 g/mol. The Morgan fingerprint density at radius 1 is 0.576 bits per heavy atom. The Kier molecular flexibility index (Phi) is 33.8. The van der Waals surface area contributed by atoms with Gasteiger partial charge in [-0.05, 0) is 24.7 Å². The SMILES string of the molecule is CC(C)CCCCC(=O)O.CC(C)CCCCC(=O)O.OCCOCCOCCOCCO. The lowest BCUT2D eigenvalue weighted by Crippen LogP contribution is -2.11. The molecule has 0 bridgehead atoms. The number of unbranched alkanes of at least 4 members (excludes halogenated alkanes) is 2. The number of carbonyl (C=O) groups is 2. The monoisotopic (exact) mass is 482 g/mol. The molecule has 0 aliphatic heterocycles.